The van der Waals surface area contributed by atoms with Gasteiger partial charge in [-0.15, -0.1) is 0 Å². The molecule has 3 heterocycles. The van der Waals surface area contributed by atoms with Crippen molar-refractivity contribution in [1.82, 2.24) is 30.8 Å². The van der Waals surface area contributed by atoms with E-state index in [4.69, 9.17) is 28.0 Å². The monoisotopic (exact) mass is 863 g/mol. The van der Waals surface area contributed by atoms with Gasteiger partial charge in [0.2, 0.25) is 11.8 Å². The highest BCUT2D eigenvalue weighted by atomic mass is 31.2. The molecule has 3 aliphatic heterocycles. The highest BCUT2D eigenvalue weighted by molar-refractivity contribution is 7.44. The maximum absolute atomic E-state index is 17.7. The van der Waals surface area contributed by atoms with Gasteiger partial charge in [-0.2, -0.15) is 5.26 Å². The Hall–Kier alpha value is -4.27. The summed E-state index contributed by atoms with van der Waals surface area (Å²) in [4.78, 5) is 27.7. The second-order valence-electron chi connectivity index (χ2n) is 16.0. The minimum absolute atomic E-state index is 0.0542. The summed E-state index contributed by atoms with van der Waals surface area (Å²) in [5.74, 6) is 0.373. The minimum Gasteiger partial charge on any atom is -0.497 e. The van der Waals surface area contributed by atoms with E-state index >= 15 is 4.39 Å². The molecule has 0 aromatic heterocycles. The van der Waals surface area contributed by atoms with E-state index in [-0.39, 0.29) is 56.1 Å². The molecule has 0 bridgehead atoms. The number of hydrogen-bond acceptors (Lipinski definition) is 13. The summed E-state index contributed by atoms with van der Waals surface area (Å²) in [6.07, 6.45) is -6.78. The first-order valence-electron chi connectivity index (χ1n) is 20.7. The van der Waals surface area contributed by atoms with Crippen molar-refractivity contribution in [3.8, 4) is 17.6 Å². The number of hydrogen-bond donors (Lipinski definition) is 4. The van der Waals surface area contributed by atoms with E-state index in [0.717, 1.165) is 16.7 Å². The number of alkyl halides is 1. The van der Waals surface area contributed by atoms with Gasteiger partial charge < -0.3 is 38.6 Å². The van der Waals surface area contributed by atoms with Crippen molar-refractivity contribution in [2.24, 2.45) is 5.92 Å². The first-order chi connectivity index (χ1) is 29.3. The van der Waals surface area contributed by atoms with Crippen LogP contribution in [0.2, 0.25) is 0 Å². The maximum Gasteiger partial charge on any atom is 0.259 e. The topological polar surface area (TPSA) is 168 Å². The number of amides is 2. The molecule has 3 aromatic carbocycles. The lowest BCUT2D eigenvalue weighted by Gasteiger charge is -2.39. The van der Waals surface area contributed by atoms with Crippen LogP contribution in [0.3, 0.4) is 0 Å². The Morgan fingerprint density at radius 3 is 2.10 bits per heavy atom. The summed E-state index contributed by atoms with van der Waals surface area (Å²) in [6, 6.07) is 26.2. The largest absolute Gasteiger partial charge is 0.497 e. The number of benzene rings is 3. The van der Waals surface area contributed by atoms with E-state index in [2.05, 4.69) is 27.3 Å². The Balaban J connectivity index is 1.41. The van der Waals surface area contributed by atoms with Crippen molar-refractivity contribution in [3.05, 3.63) is 95.6 Å². The van der Waals surface area contributed by atoms with E-state index in [1.54, 1.807) is 33.0 Å². The highest BCUT2D eigenvalue weighted by Crippen LogP contribution is 2.51. The molecule has 3 aromatic rings. The van der Waals surface area contributed by atoms with Crippen LogP contribution in [-0.2, 0) is 33.7 Å². The van der Waals surface area contributed by atoms with Gasteiger partial charge in [0.1, 0.15) is 41.6 Å². The number of rotatable bonds is 19. The molecule has 0 aliphatic carbocycles. The maximum atomic E-state index is 17.7. The normalized spacial score (nSPS) is 24.8. The Kier molecular flexibility index (Phi) is 15.7. The smallest absolute Gasteiger partial charge is 0.259 e. The van der Waals surface area contributed by atoms with Gasteiger partial charge in [-0.1, -0.05) is 68.4 Å². The zero-order valence-electron chi connectivity index (χ0n) is 36.0. The van der Waals surface area contributed by atoms with E-state index in [0.29, 0.717) is 11.5 Å². The number of carbonyl (C=O) groups is 2. The predicted octanol–water partition coefficient (Wildman–Crippen LogP) is 5.07. The van der Waals surface area contributed by atoms with E-state index in [9.17, 15) is 14.9 Å². The summed E-state index contributed by atoms with van der Waals surface area (Å²) in [5.41, 5.74) is 1.11. The van der Waals surface area contributed by atoms with Crippen molar-refractivity contribution >= 4 is 20.3 Å². The number of ether oxygens (including phenoxy) is 4. The van der Waals surface area contributed by atoms with Crippen molar-refractivity contribution in [1.29, 1.82) is 5.26 Å². The fourth-order valence-corrected chi connectivity index (χ4v) is 9.78. The lowest BCUT2D eigenvalue weighted by atomic mass is 9.80. The first kappa shape index (κ1) is 46.2. The number of carbonyl (C=O) groups excluding carboxylic acids is 2. The Bertz CT molecular complexity index is 1880. The van der Waals surface area contributed by atoms with Gasteiger partial charge in [-0.05, 0) is 68.7 Å². The third kappa shape index (κ3) is 10.2. The molecule has 0 spiro atoms. The molecule has 0 radical (unpaired) electrons. The van der Waals surface area contributed by atoms with Crippen LogP contribution < -0.4 is 30.7 Å². The molecule has 3 fully saturated rings. The molecule has 2 amide bonds. The van der Waals surface area contributed by atoms with E-state index in [1.165, 1.54) is 0 Å². The van der Waals surface area contributed by atoms with Crippen LogP contribution in [0.25, 0.3) is 0 Å². The molecule has 8 atom stereocenters. The number of nitrogens with zero attached hydrogens (tertiary/aromatic N) is 3. The van der Waals surface area contributed by atoms with E-state index < -0.39 is 57.2 Å². The number of nitriles is 1. The van der Waals surface area contributed by atoms with Crippen LogP contribution in [0.5, 0.6) is 11.5 Å². The molecular weight excluding hydrogens is 804 g/mol. The first-order valence-corrected chi connectivity index (χ1v) is 21.8. The molecule has 3 saturated heterocycles. The van der Waals surface area contributed by atoms with Gasteiger partial charge in [-0.25, -0.2) is 14.0 Å². The fourth-order valence-electron chi connectivity index (χ4n) is 8.01. The third-order valence-corrected chi connectivity index (χ3v) is 13.1. The van der Waals surface area contributed by atoms with Crippen LogP contribution in [0.15, 0.2) is 78.9 Å². The number of halogens is 1. The zero-order valence-corrected chi connectivity index (χ0v) is 36.9. The average molecular weight is 864 g/mol. The standard InChI is InChI=1S/C44H59FN7O8P/c1-27(2)40(53)49-43-48-39-37(41(54)50-43)47-26-51(39)42-36(45)38(60-61(58-24-12-23-46)52(28(3)4)29(5)6)35(59-42)25-57-44(30-13-10-9-11-14-30,31-15-19-33(55-7)20-16-31)32-17-21-34(56-8)22-18-32/h9-11,13-22,27-29,35-39,42-43,47-48H,12,24-26H2,1-8H3,(H,49,53)(H,50,54)/t35-,36?,37?,38?,39?,42-,43?,61?/m1/s1. The van der Waals surface area contributed by atoms with Crippen LogP contribution >= 0.6 is 8.53 Å². The number of methoxy groups -OCH3 is 2. The molecule has 330 valence electrons. The van der Waals surface area contributed by atoms with E-state index in [1.807, 2.05) is 111 Å². The van der Waals surface area contributed by atoms with Gasteiger partial charge in [0.05, 0.1) is 52.8 Å². The molecular formula is C44H59FN7O8P. The summed E-state index contributed by atoms with van der Waals surface area (Å²) < 4.78 is 57.9. The molecule has 3 aliphatic rings. The van der Waals surface area contributed by atoms with Crippen molar-refractivity contribution in [3.63, 3.8) is 0 Å². The van der Waals surface area contributed by atoms with Crippen LogP contribution in [0.4, 0.5) is 4.39 Å². The van der Waals surface area contributed by atoms with Gasteiger partial charge in [-0.3, -0.25) is 20.2 Å². The molecule has 15 nitrogen and oxygen atoms in total. The van der Waals surface area contributed by atoms with Gasteiger partial charge >= 0.3 is 0 Å². The summed E-state index contributed by atoms with van der Waals surface area (Å²) in [5, 5.41) is 21.5. The molecule has 17 heteroatoms. The van der Waals surface area contributed by atoms with Crippen molar-refractivity contribution in [2.45, 2.75) is 109 Å². The molecule has 6 rings (SSSR count). The predicted molar refractivity (Wildman–Crippen MR) is 227 cm³/mol. The van der Waals surface area contributed by atoms with Gasteiger partial charge in [0, 0.05) is 18.0 Å². The molecule has 0 saturated carbocycles. The molecule has 61 heavy (non-hydrogen) atoms. The second-order valence-corrected chi connectivity index (χ2v) is 17.4. The Morgan fingerprint density at radius 1 is 0.967 bits per heavy atom. The Labute approximate surface area is 359 Å². The number of fused-ring (bicyclic) bond motifs is 1. The van der Waals surface area contributed by atoms with Gasteiger partial charge in [0.15, 0.2) is 12.5 Å². The third-order valence-electron chi connectivity index (χ3n) is 11.0. The van der Waals surface area contributed by atoms with Gasteiger partial charge in [0.25, 0.3) is 8.53 Å². The summed E-state index contributed by atoms with van der Waals surface area (Å²) in [7, 11) is 1.29. The minimum atomic E-state index is -1.92. The lowest BCUT2D eigenvalue weighted by molar-refractivity contribution is -0.137. The van der Waals surface area contributed by atoms with Crippen LogP contribution in [0.1, 0.15) is 64.7 Å². The number of nitrogens with one attached hydrogen (secondary N) is 4. The highest BCUT2D eigenvalue weighted by Gasteiger charge is 2.56. The molecule has 4 N–H and O–H groups in total. The summed E-state index contributed by atoms with van der Waals surface area (Å²) in [6.45, 7) is 11.6. The van der Waals surface area contributed by atoms with Crippen molar-refractivity contribution < 1.29 is 42.0 Å². The van der Waals surface area contributed by atoms with Crippen molar-refractivity contribution in [2.75, 3.05) is 34.1 Å². The van der Waals surface area contributed by atoms with Crippen LogP contribution in [0, 0.1) is 17.2 Å². The lowest BCUT2D eigenvalue weighted by Crippen LogP contribution is -2.72. The Morgan fingerprint density at radius 2 is 1.56 bits per heavy atom. The SMILES string of the molecule is COc1ccc(C(OC[C@H]2O[C@@H](N3CNC4C(=O)NC(NC(=O)C(C)C)NC43)C(F)C2OP(OCCC#N)N(C(C)C)C(C)C)(c2ccccc2)c2ccc(OC)cc2)cc1. The quantitative estimate of drug-likeness (QED) is 0.0718. The zero-order chi connectivity index (χ0) is 43.8. The average Bonchev–Trinajstić information content (AvgIpc) is 3.81. The molecule has 6 unspecified atom stereocenters. The van der Waals surface area contributed by atoms with Crippen LogP contribution in [-0.4, -0.2) is 111 Å². The summed E-state index contributed by atoms with van der Waals surface area (Å²) >= 11 is 0. The second kappa shape index (κ2) is 20.7. The fraction of sp³-hybridized carbons (Fsp3) is 0.523.